The van der Waals surface area contributed by atoms with Gasteiger partial charge in [0.2, 0.25) is 0 Å². The number of hydrogen-bond donors (Lipinski definition) is 2. The van der Waals surface area contributed by atoms with Crippen LogP contribution in [0, 0.1) is 0 Å². The monoisotopic (exact) mass is 227 g/mol. The van der Waals surface area contributed by atoms with E-state index in [0.717, 1.165) is 5.56 Å². The lowest BCUT2D eigenvalue weighted by Gasteiger charge is -1.99. The molecule has 2 N–H and O–H groups in total. The summed E-state index contributed by atoms with van der Waals surface area (Å²) < 4.78 is 10.4. The van der Waals surface area contributed by atoms with E-state index in [1.54, 1.807) is 12.1 Å². The standard InChI is InChI=1S/C10H11O4P/c11-10(12)9-5-1-3-8(7-9)4-2-6-15(13)14/h1,3,5,7H,2,4,6H2,(H-,11,12,13,14)/p+1. The molecule has 0 aromatic heterocycles. The molecule has 0 saturated heterocycles. The molecule has 0 aliphatic heterocycles. The maximum atomic E-state index is 10.6. The van der Waals surface area contributed by atoms with Crippen LogP contribution in [0.3, 0.4) is 0 Å². The van der Waals surface area contributed by atoms with Crippen LogP contribution in [-0.2, 0) is 11.0 Å². The van der Waals surface area contributed by atoms with Crippen molar-refractivity contribution >= 4 is 14.0 Å². The van der Waals surface area contributed by atoms with Crippen LogP contribution in [-0.4, -0.2) is 22.1 Å². The second-order valence-electron chi connectivity index (χ2n) is 3.18. The quantitative estimate of drug-likeness (QED) is 0.755. The number of aromatic carboxylic acids is 1. The first kappa shape index (κ1) is 11.8. The van der Waals surface area contributed by atoms with Crippen LogP contribution in [0.4, 0.5) is 0 Å². The smallest absolute Gasteiger partial charge is 0.478 e. The minimum Gasteiger partial charge on any atom is -0.478 e. The van der Waals surface area contributed by atoms with E-state index in [1.807, 2.05) is 6.07 Å². The summed E-state index contributed by atoms with van der Waals surface area (Å²) >= 11 is 0. The fraction of sp³-hybridized carbons (Fsp3) is 0.300. The van der Waals surface area contributed by atoms with Gasteiger partial charge in [-0.3, -0.25) is 0 Å². The lowest BCUT2D eigenvalue weighted by Crippen LogP contribution is -1.97. The molecular weight excluding hydrogens is 215 g/mol. The Balaban J connectivity index is 2.58. The van der Waals surface area contributed by atoms with Crippen molar-refractivity contribution in [3.05, 3.63) is 35.4 Å². The molecule has 0 heterocycles. The summed E-state index contributed by atoms with van der Waals surface area (Å²) in [5, 5.41) is 8.74. The van der Waals surface area contributed by atoms with E-state index in [-0.39, 0.29) is 11.7 Å². The van der Waals surface area contributed by atoms with Gasteiger partial charge in [-0.05, 0) is 35.1 Å². The van der Waals surface area contributed by atoms with Crippen LogP contribution in [0.2, 0.25) is 0 Å². The number of rotatable bonds is 5. The normalized spacial score (nSPS) is 11.1. The van der Waals surface area contributed by atoms with E-state index in [1.165, 1.54) is 6.07 Å². The fourth-order valence-corrected chi connectivity index (χ4v) is 1.71. The zero-order valence-electron chi connectivity index (χ0n) is 8.09. The van der Waals surface area contributed by atoms with Crippen molar-refractivity contribution in [1.82, 2.24) is 0 Å². The van der Waals surface area contributed by atoms with E-state index < -0.39 is 14.0 Å². The SMILES string of the molecule is O=C(O)c1cccc(CCC[P+](=O)O)c1. The van der Waals surface area contributed by atoms with Crippen molar-refractivity contribution < 1.29 is 19.4 Å². The topological polar surface area (TPSA) is 74.6 Å². The van der Waals surface area contributed by atoms with Crippen LogP contribution in [0.25, 0.3) is 0 Å². The maximum Gasteiger partial charge on any atom is 0.505 e. The molecule has 1 unspecified atom stereocenters. The highest BCUT2D eigenvalue weighted by molar-refractivity contribution is 7.37. The average molecular weight is 227 g/mol. The van der Waals surface area contributed by atoms with Gasteiger partial charge in [0, 0.05) is 0 Å². The Morgan fingerprint density at radius 3 is 2.73 bits per heavy atom. The summed E-state index contributed by atoms with van der Waals surface area (Å²) in [6.07, 6.45) is 1.48. The second-order valence-corrected chi connectivity index (χ2v) is 4.34. The van der Waals surface area contributed by atoms with E-state index >= 15 is 0 Å². The van der Waals surface area contributed by atoms with Crippen molar-refractivity contribution in [2.45, 2.75) is 12.8 Å². The summed E-state index contributed by atoms with van der Waals surface area (Å²) in [6, 6.07) is 6.61. The minimum absolute atomic E-state index is 0.251. The maximum absolute atomic E-state index is 10.6. The van der Waals surface area contributed by atoms with Crippen molar-refractivity contribution in [2.75, 3.05) is 6.16 Å². The number of carbonyl (C=O) groups is 1. The summed E-state index contributed by atoms with van der Waals surface area (Å²) in [4.78, 5) is 19.2. The Morgan fingerprint density at radius 1 is 1.40 bits per heavy atom. The molecule has 4 nitrogen and oxygen atoms in total. The molecule has 1 rings (SSSR count). The molecule has 0 amide bonds. The average Bonchev–Trinajstić information content (AvgIpc) is 2.17. The third-order valence-electron chi connectivity index (χ3n) is 1.99. The van der Waals surface area contributed by atoms with E-state index in [0.29, 0.717) is 12.8 Å². The molecule has 1 atom stereocenters. The van der Waals surface area contributed by atoms with Gasteiger partial charge in [-0.1, -0.05) is 12.1 Å². The highest BCUT2D eigenvalue weighted by atomic mass is 31.1. The highest BCUT2D eigenvalue weighted by Gasteiger charge is 2.09. The van der Waals surface area contributed by atoms with Gasteiger partial charge in [0.1, 0.15) is 0 Å². The van der Waals surface area contributed by atoms with Crippen LogP contribution in [0.15, 0.2) is 24.3 Å². The molecule has 0 aliphatic rings. The number of carboxylic acids is 1. The Hall–Kier alpha value is -1.25. The number of aryl methyl sites for hydroxylation is 1. The van der Waals surface area contributed by atoms with Crippen molar-refractivity contribution in [1.29, 1.82) is 0 Å². The van der Waals surface area contributed by atoms with Crippen molar-refractivity contribution in [2.24, 2.45) is 0 Å². The molecule has 0 fully saturated rings. The summed E-state index contributed by atoms with van der Waals surface area (Å²) in [5.74, 6) is -0.954. The van der Waals surface area contributed by atoms with Gasteiger partial charge >= 0.3 is 14.0 Å². The molecule has 0 aliphatic carbocycles. The summed E-state index contributed by atoms with van der Waals surface area (Å²) in [7, 11) is -2.08. The lowest BCUT2D eigenvalue weighted by molar-refractivity contribution is 0.0696. The third-order valence-corrected chi connectivity index (χ3v) is 2.69. The molecule has 1 aromatic carbocycles. The predicted octanol–water partition coefficient (Wildman–Crippen LogP) is 2.05. The van der Waals surface area contributed by atoms with Gasteiger partial charge in [-0.2, -0.15) is 4.89 Å². The molecule has 1 aromatic rings. The minimum atomic E-state index is -2.08. The zero-order valence-corrected chi connectivity index (χ0v) is 8.98. The third kappa shape index (κ3) is 4.19. The Morgan fingerprint density at radius 2 is 2.13 bits per heavy atom. The van der Waals surface area contributed by atoms with Gasteiger partial charge in [-0.25, -0.2) is 4.79 Å². The first-order valence-electron chi connectivity index (χ1n) is 4.55. The van der Waals surface area contributed by atoms with E-state index in [2.05, 4.69) is 0 Å². The summed E-state index contributed by atoms with van der Waals surface area (Å²) in [6.45, 7) is 0. The molecule has 0 bridgehead atoms. The number of hydrogen-bond acceptors (Lipinski definition) is 2. The molecular formula is C10H12O4P+. The molecule has 5 heteroatoms. The predicted molar refractivity (Wildman–Crippen MR) is 56.4 cm³/mol. The van der Waals surface area contributed by atoms with Crippen LogP contribution < -0.4 is 0 Å². The molecule has 0 radical (unpaired) electrons. The van der Waals surface area contributed by atoms with E-state index in [4.69, 9.17) is 10.00 Å². The van der Waals surface area contributed by atoms with Crippen LogP contribution in [0.5, 0.6) is 0 Å². The molecule has 15 heavy (non-hydrogen) atoms. The second kappa shape index (κ2) is 5.59. The van der Waals surface area contributed by atoms with Gasteiger partial charge < -0.3 is 5.11 Å². The van der Waals surface area contributed by atoms with Gasteiger partial charge in [0.05, 0.1) is 5.56 Å². The van der Waals surface area contributed by atoms with Gasteiger partial charge in [-0.15, -0.1) is 0 Å². The first-order chi connectivity index (χ1) is 7.09. The zero-order chi connectivity index (χ0) is 11.3. The highest BCUT2D eigenvalue weighted by Crippen LogP contribution is 2.16. The van der Waals surface area contributed by atoms with Gasteiger partial charge in [0.25, 0.3) is 0 Å². The first-order valence-corrected chi connectivity index (χ1v) is 5.95. The Bertz CT molecular complexity index is 375. The number of carboxylic acid groups (broad SMARTS) is 1. The Labute approximate surface area is 88.4 Å². The largest absolute Gasteiger partial charge is 0.505 e. The fourth-order valence-electron chi connectivity index (χ4n) is 1.28. The molecule has 80 valence electrons. The van der Waals surface area contributed by atoms with Crippen molar-refractivity contribution in [3.8, 4) is 0 Å². The Kier molecular flexibility index (Phi) is 4.40. The van der Waals surface area contributed by atoms with Crippen LogP contribution in [0.1, 0.15) is 22.3 Å². The van der Waals surface area contributed by atoms with Gasteiger partial charge in [0.15, 0.2) is 6.16 Å². The van der Waals surface area contributed by atoms with Crippen LogP contribution >= 0.6 is 8.03 Å². The summed E-state index contributed by atoms with van der Waals surface area (Å²) in [5.41, 5.74) is 1.13. The van der Waals surface area contributed by atoms with E-state index in [9.17, 15) is 9.36 Å². The molecule has 0 saturated carbocycles. The molecule has 0 spiro atoms. The number of benzene rings is 1. The van der Waals surface area contributed by atoms with Crippen molar-refractivity contribution in [3.63, 3.8) is 0 Å². The lowest BCUT2D eigenvalue weighted by atomic mass is 10.1.